The van der Waals surface area contributed by atoms with E-state index in [0.717, 1.165) is 35.4 Å². The van der Waals surface area contributed by atoms with Gasteiger partial charge in [0.25, 0.3) is 0 Å². The number of anilines is 1. The molecule has 1 unspecified atom stereocenters. The van der Waals surface area contributed by atoms with Crippen molar-refractivity contribution in [3.8, 4) is 0 Å². The van der Waals surface area contributed by atoms with E-state index in [9.17, 15) is 13.2 Å². The molecular formula is C19H20Cl2N2O3S. The summed E-state index contributed by atoms with van der Waals surface area (Å²) in [6, 6.07) is 12.5. The summed E-state index contributed by atoms with van der Waals surface area (Å²) >= 11 is 12.2. The average Bonchev–Trinajstić information content (AvgIpc) is 2.62. The van der Waals surface area contributed by atoms with Crippen LogP contribution in [0.4, 0.5) is 5.69 Å². The van der Waals surface area contributed by atoms with Crippen molar-refractivity contribution in [3.63, 3.8) is 0 Å². The molecule has 0 bridgehead atoms. The molecule has 0 aromatic heterocycles. The van der Waals surface area contributed by atoms with Gasteiger partial charge in [0.2, 0.25) is 15.9 Å². The second-order valence-corrected chi connectivity index (χ2v) is 9.25. The standard InChI is InChI=1S/C19H20Cl2N2O3S/c1-27(25,26)23(17-11-5-9-15(20)19(17)21)12-18(24)22-16-10-4-7-13-6-2-3-8-14(13)16/h2-3,5-6,8-9,11,16H,4,7,10,12H2,1H3,(H,22,24). The fraction of sp³-hybridized carbons (Fsp3) is 0.316. The maximum atomic E-state index is 12.7. The SMILES string of the molecule is CS(=O)(=O)N(CC(=O)NC1CCCc2ccccc21)c1cccc(Cl)c1Cl. The quantitative estimate of drug-likeness (QED) is 0.786. The normalized spacial score (nSPS) is 16.5. The zero-order valence-electron chi connectivity index (χ0n) is 14.8. The van der Waals surface area contributed by atoms with Crippen molar-refractivity contribution in [1.29, 1.82) is 0 Å². The number of carbonyl (C=O) groups is 1. The maximum absolute atomic E-state index is 12.7. The highest BCUT2D eigenvalue weighted by Gasteiger charge is 2.26. The Balaban J connectivity index is 1.82. The molecule has 3 rings (SSSR count). The van der Waals surface area contributed by atoms with Gasteiger partial charge in [0.05, 0.1) is 28.0 Å². The molecule has 0 aliphatic heterocycles. The first-order valence-electron chi connectivity index (χ1n) is 8.56. The van der Waals surface area contributed by atoms with Gasteiger partial charge < -0.3 is 5.32 Å². The van der Waals surface area contributed by atoms with Crippen molar-refractivity contribution in [3.05, 3.63) is 63.6 Å². The van der Waals surface area contributed by atoms with Gasteiger partial charge in [-0.05, 0) is 42.5 Å². The van der Waals surface area contributed by atoms with Crippen LogP contribution < -0.4 is 9.62 Å². The summed E-state index contributed by atoms with van der Waals surface area (Å²) in [7, 11) is -3.72. The van der Waals surface area contributed by atoms with Crippen LogP contribution in [-0.4, -0.2) is 27.1 Å². The molecule has 0 radical (unpaired) electrons. The number of rotatable bonds is 5. The van der Waals surface area contributed by atoms with E-state index < -0.39 is 15.9 Å². The Labute approximate surface area is 169 Å². The molecular weight excluding hydrogens is 407 g/mol. The first kappa shape index (κ1) is 20.0. The van der Waals surface area contributed by atoms with E-state index in [2.05, 4.69) is 11.4 Å². The molecule has 2 aromatic rings. The van der Waals surface area contributed by atoms with Crippen LogP contribution in [0.2, 0.25) is 10.0 Å². The average molecular weight is 427 g/mol. The van der Waals surface area contributed by atoms with Gasteiger partial charge in [-0.15, -0.1) is 0 Å². The minimum atomic E-state index is -3.72. The second kappa shape index (κ2) is 8.09. The fourth-order valence-corrected chi connectivity index (χ4v) is 4.65. The summed E-state index contributed by atoms with van der Waals surface area (Å²) in [5.74, 6) is -0.391. The van der Waals surface area contributed by atoms with E-state index in [1.165, 1.54) is 11.6 Å². The van der Waals surface area contributed by atoms with Crippen LogP contribution >= 0.6 is 23.2 Å². The lowest BCUT2D eigenvalue weighted by Crippen LogP contribution is -2.42. The number of halogens is 2. The first-order chi connectivity index (χ1) is 12.8. The zero-order valence-corrected chi connectivity index (χ0v) is 17.1. The number of amides is 1. The Morgan fingerprint density at radius 3 is 2.67 bits per heavy atom. The van der Waals surface area contributed by atoms with Gasteiger partial charge >= 0.3 is 0 Å². The lowest BCUT2D eigenvalue weighted by atomic mass is 9.88. The molecule has 1 N–H and O–H groups in total. The zero-order chi connectivity index (χ0) is 19.6. The van der Waals surface area contributed by atoms with E-state index in [1.54, 1.807) is 12.1 Å². The Morgan fingerprint density at radius 1 is 1.19 bits per heavy atom. The Bertz CT molecular complexity index is 963. The maximum Gasteiger partial charge on any atom is 0.241 e. The first-order valence-corrected chi connectivity index (χ1v) is 11.2. The monoisotopic (exact) mass is 426 g/mol. The van der Waals surface area contributed by atoms with Gasteiger partial charge in [0.15, 0.2) is 0 Å². The highest BCUT2D eigenvalue weighted by Crippen LogP contribution is 2.34. The number of hydrogen-bond donors (Lipinski definition) is 1. The Hall–Kier alpha value is -1.76. The molecule has 1 atom stereocenters. The van der Waals surface area contributed by atoms with Crippen LogP contribution in [0.3, 0.4) is 0 Å². The minimum Gasteiger partial charge on any atom is -0.348 e. The van der Waals surface area contributed by atoms with Gasteiger partial charge in [-0.2, -0.15) is 0 Å². The summed E-state index contributed by atoms with van der Waals surface area (Å²) in [6.45, 7) is -0.364. The molecule has 0 saturated heterocycles. The number of carbonyl (C=O) groups excluding carboxylic acids is 1. The number of fused-ring (bicyclic) bond motifs is 1. The third-order valence-electron chi connectivity index (χ3n) is 4.59. The smallest absolute Gasteiger partial charge is 0.241 e. The number of nitrogens with zero attached hydrogens (tertiary/aromatic N) is 1. The molecule has 0 heterocycles. The van der Waals surface area contributed by atoms with Crippen molar-refractivity contribution in [1.82, 2.24) is 5.32 Å². The Kier molecular flexibility index (Phi) is 5.99. The molecule has 1 amide bonds. The van der Waals surface area contributed by atoms with Gasteiger partial charge in [-0.25, -0.2) is 8.42 Å². The summed E-state index contributed by atoms with van der Waals surface area (Å²) in [6.07, 6.45) is 3.81. The van der Waals surface area contributed by atoms with E-state index in [-0.39, 0.29) is 28.3 Å². The molecule has 2 aromatic carbocycles. The predicted molar refractivity (Wildman–Crippen MR) is 109 cm³/mol. The molecule has 0 saturated carbocycles. The van der Waals surface area contributed by atoms with Crippen molar-refractivity contribution < 1.29 is 13.2 Å². The minimum absolute atomic E-state index is 0.0976. The van der Waals surface area contributed by atoms with Crippen molar-refractivity contribution in [2.75, 3.05) is 17.1 Å². The number of sulfonamides is 1. The highest BCUT2D eigenvalue weighted by molar-refractivity contribution is 7.92. The van der Waals surface area contributed by atoms with Gasteiger partial charge in [0.1, 0.15) is 6.54 Å². The number of aryl methyl sites for hydroxylation is 1. The van der Waals surface area contributed by atoms with Gasteiger partial charge in [-0.3, -0.25) is 9.10 Å². The molecule has 27 heavy (non-hydrogen) atoms. The van der Waals surface area contributed by atoms with Crippen molar-refractivity contribution in [2.45, 2.75) is 25.3 Å². The van der Waals surface area contributed by atoms with Crippen LogP contribution in [0.5, 0.6) is 0 Å². The molecule has 144 valence electrons. The van der Waals surface area contributed by atoms with E-state index in [0.29, 0.717) is 0 Å². The second-order valence-electron chi connectivity index (χ2n) is 6.55. The number of hydrogen-bond acceptors (Lipinski definition) is 3. The van der Waals surface area contributed by atoms with Gasteiger partial charge in [-0.1, -0.05) is 53.5 Å². The fourth-order valence-electron chi connectivity index (χ4n) is 3.34. The molecule has 8 heteroatoms. The van der Waals surface area contributed by atoms with Crippen LogP contribution in [0.1, 0.15) is 30.0 Å². The number of benzene rings is 2. The number of nitrogens with one attached hydrogen (secondary N) is 1. The lowest BCUT2D eigenvalue weighted by Gasteiger charge is -2.28. The van der Waals surface area contributed by atoms with Crippen molar-refractivity contribution in [2.24, 2.45) is 0 Å². The van der Waals surface area contributed by atoms with Crippen LogP contribution in [-0.2, 0) is 21.2 Å². The lowest BCUT2D eigenvalue weighted by molar-refractivity contribution is -0.120. The van der Waals surface area contributed by atoms with E-state index >= 15 is 0 Å². The third kappa shape index (κ3) is 4.57. The summed E-state index contributed by atoms with van der Waals surface area (Å²) < 4.78 is 25.5. The summed E-state index contributed by atoms with van der Waals surface area (Å²) in [5.41, 5.74) is 2.49. The molecule has 1 aliphatic rings. The molecule has 1 aliphatic carbocycles. The van der Waals surface area contributed by atoms with E-state index in [1.807, 2.05) is 18.2 Å². The highest BCUT2D eigenvalue weighted by atomic mass is 35.5. The van der Waals surface area contributed by atoms with Crippen LogP contribution in [0.15, 0.2) is 42.5 Å². The summed E-state index contributed by atoms with van der Waals surface area (Å²) in [5, 5.41) is 3.28. The van der Waals surface area contributed by atoms with Crippen molar-refractivity contribution >= 4 is 44.8 Å². The predicted octanol–water partition coefficient (Wildman–Crippen LogP) is 3.95. The van der Waals surface area contributed by atoms with Crippen LogP contribution in [0.25, 0.3) is 0 Å². The van der Waals surface area contributed by atoms with E-state index in [4.69, 9.17) is 23.2 Å². The Morgan fingerprint density at radius 2 is 1.93 bits per heavy atom. The molecule has 0 spiro atoms. The molecule has 0 fully saturated rings. The topological polar surface area (TPSA) is 66.5 Å². The largest absolute Gasteiger partial charge is 0.348 e. The molecule has 5 nitrogen and oxygen atoms in total. The third-order valence-corrected chi connectivity index (χ3v) is 6.53. The van der Waals surface area contributed by atoms with Crippen LogP contribution in [0, 0.1) is 0 Å². The summed E-state index contributed by atoms with van der Waals surface area (Å²) in [4.78, 5) is 12.7. The van der Waals surface area contributed by atoms with Gasteiger partial charge in [0, 0.05) is 0 Å².